The minimum atomic E-state index is 0.182. The summed E-state index contributed by atoms with van der Waals surface area (Å²) in [6.45, 7) is 7.24. The number of benzene rings is 1. The van der Waals surface area contributed by atoms with Gasteiger partial charge in [-0.1, -0.05) is 45.0 Å². The Labute approximate surface area is 83.7 Å². The quantitative estimate of drug-likeness (QED) is 0.653. The van der Waals surface area contributed by atoms with Crippen molar-refractivity contribution in [2.24, 2.45) is 0 Å². The molecule has 0 aliphatic carbocycles. The Morgan fingerprint density at radius 1 is 1.23 bits per heavy atom. The number of hydrogen-bond acceptors (Lipinski definition) is 1. The summed E-state index contributed by atoms with van der Waals surface area (Å²) in [7, 11) is 3.03. The van der Waals surface area contributed by atoms with Crippen LogP contribution in [0.5, 0.6) is 0 Å². The van der Waals surface area contributed by atoms with Crippen molar-refractivity contribution in [1.29, 1.82) is 0 Å². The fraction of sp³-hybridized carbons (Fsp3) is 0.455. The molecule has 1 nitrogen and oxygen atoms in total. The van der Waals surface area contributed by atoms with E-state index in [4.69, 9.17) is 4.43 Å². The maximum Gasteiger partial charge on any atom is 0.246 e. The first kappa shape index (κ1) is 10.5. The monoisotopic (exact) mass is 191 g/mol. The van der Waals surface area contributed by atoms with E-state index in [2.05, 4.69) is 49.5 Å². The zero-order valence-corrected chi connectivity index (χ0v) is 9.42. The molecule has 0 N–H and O–H groups in total. The summed E-state index contributed by atoms with van der Waals surface area (Å²) in [6, 6.07) is 8.36. The molecule has 0 amide bonds. The third-order valence-corrected chi connectivity index (χ3v) is 2.20. The standard InChI is InChI=1S/C11H15OSi/c1-11(2,3)10-7-5-4-6-9(10)8-12-13/h4-7H,8H2,1-3H3. The first-order chi connectivity index (χ1) is 6.05. The second kappa shape index (κ2) is 4.07. The summed E-state index contributed by atoms with van der Waals surface area (Å²) in [5.41, 5.74) is 2.76. The van der Waals surface area contributed by atoms with Crippen molar-refractivity contribution in [1.82, 2.24) is 0 Å². The third-order valence-electron chi connectivity index (χ3n) is 2.05. The van der Waals surface area contributed by atoms with Crippen molar-refractivity contribution < 1.29 is 4.43 Å². The molecule has 0 unspecified atom stereocenters. The average Bonchev–Trinajstić information content (AvgIpc) is 2.04. The van der Waals surface area contributed by atoms with Crippen LogP contribution in [-0.4, -0.2) is 10.5 Å². The van der Waals surface area contributed by atoms with Crippen LogP contribution in [0.2, 0.25) is 0 Å². The van der Waals surface area contributed by atoms with Crippen LogP contribution in [0.25, 0.3) is 0 Å². The number of hydrogen-bond donors (Lipinski definition) is 0. The highest BCUT2D eigenvalue weighted by atomic mass is 28.2. The molecule has 0 atom stereocenters. The molecule has 0 saturated carbocycles. The lowest BCUT2D eigenvalue weighted by atomic mass is 9.84. The molecular formula is C11H15OSi. The molecule has 2 heteroatoms. The van der Waals surface area contributed by atoms with Gasteiger partial charge in [0.15, 0.2) is 0 Å². The Kier molecular flexibility index (Phi) is 3.28. The van der Waals surface area contributed by atoms with E-state index in [1.165, 1.54) is 11.1 Å². The predicted molar refractivity (Wildman–Crippen MR) is 55.7 cm³/mol. The minimum Gasteiger partial charge on any atom is -0.414 e. The van der Waals surface area contributed by atoms with Gasteiger partial charge in [0.1, 0.15) is 0 Å². The van der Waals surface area contributed by atoms with Gasteiger partial charge >= 0.3 is 0 Å². The highest BCUT2D eigenvalue weighted by Gasteiger charge is 2.16. The van der Waals surface area contributed by atoms with Crippen LogP contribution < -0.4 is 0 Å². The van der Waals surface area contributed by atoms with Gasteiger partial charge in [-0.25, -0.2) is 0 Å². The van der Waals surface area contributed by atoms with E-state index >= 15 is 0 Å². The fourth-order valence-corrected chi connectivity index (χ4v) is 1.61. The lowest BCUT2D eigenvalue weighted by molar-refractivity contribution is 0.334. The van der Waals surface area contributed by atoms with Crippen LogP contribution in [0.15, 0.2) is 24.3 Å². The van der Waals surface area contributed by atoms with Gasteiger partial charge in [0.05, 0.1) is 6.61 Å². The molecule has 0 fully saturated rings. The maximum atomic E-state index is 4.97. The van der Waals surface area contributed by atoms with Crippen molar-refractivity contribution in [3.05, 3.63) is 35.4 Å². The third kappa shape index (κ3) is 2.67. The van der Waals surface area contributed by atoms with Crippen molar-refractivity contribution in [3.63, 3.8) is 0 Å². The van der Waals surface area contributed by atoms with Crippen LogP contribution in [0, 0.1) is 0 Å². The van der Waals surface area contributed by atoms with Crippen LogP contribution >= 0.6 is 0 Å². The van der Waals surface area contributed by atoms with E-state index in [1.54, 1.807) is 0 Å². The maximum absolute atomic E-state index is 4.97. The van der Waals surface area contributed by atoms with E-state index in [0.717, 1.165) is 0 Å². The minimum absolute atomic E-state index is 0.182. The van der Waals surface area contributed by atoms with E-state index < -0.39 is 0 Å². The van der Waals surface area contributed by atoms with Gasteiger partial charge in [-0.3, -0.25) is 0 Å². The Balaban J connectivity index is 3.05. The lowest BCUT2D eigenvalue weighted by Gasteiger charge is -2.22. The molecule has 1 aromatic rings. The molecule has 0 spiro atoms. The fourth-order valence-electron chi connectivity index (χ4n) is 1.46. The first-order valence-corrected chi connectivity index (χ1v) is 4.83. The smallest absolute Gasteiger partial charge is 0.246 e. The molecule has 0 aliphatic rings. The highest BCUT2D eigenvalue weighted by molar-refractivity contribution is 5.97. The van der Waals surface area contributed by atoms with Crippen molar-refractivity contribution in [2.75, 3.05) is 0 Å². The summed E-state index contributed by atoms with van der Waals surface area (Å²) in [6.07, 6.45) is 0. The van der Waals surface area contributed by atoms with E-state index in [0.29, 0.717) is 6.61 Å². The summed E-state index contributed by atoms with van der Waals surface area (Å²) in [4.78, 5) is 0. The van der Waals surface area contributed by atoms with Gasteiger partial charge in [-0.05, 0) is 16.5 Å². The van der Waals surface area contributed by atoms with E-state index in [9.17, 15) is 0 Å². The molecule has 3 radical (unpaired) electrons. The largest absolute Gasteiger partial charge is 0.414 e. The van der Waals surface area contributed by atoms with Crippen LogP contribution in [0.3, 0.4) is 0 Å². The molecular weight excluding hydrogens is 176 g/mol. The summed E-state index contributed by atoms with van der Waals surface area (Å²) in [5.74, 6) is 0. The molecule has 1 rings (SSSR count). The summed E-state index contributed by atoms with van der Waals surface area (Å²) < 4.78 is 4.97. The summed E-state index contributed by atoms with van der Waals surface area (Å²) in [5, 5.41) is 0. The Hall–Kier alpha value is -0.603. The van der Waals surface area contributed by atoms with Gasteiger partial charge in [0.2, 0.25) is 10.5 Å². The van der Waals surface area contributed by atoms with Gasteiger partial charge in [-0.2, -0.15) is 0 Å². The molecule has 0 bridgehead atoms. The van der Waals surface area contributed by atoms with E-state index in [-0.39, 0.29) is 5.41 Å². The van der Waals surface area contributed by atoms with E-state index in [1.807, 2.05) is 6.07 Å². The lowest BCUT2D eigenvalue weighted by Crippen LogP contribution is -2.14. The van der Waals surface area contributed by atoms with Gasteiger partial charge in [-0.15, -0.1) is 0 Å². The topological polar surface area (TPSA) is 9.23 Å². The molecule has 0 saturated heterocycles. The molecule has 0 aliphatic heterocycles. The van der Waals surface area contributed by atoms with Crippen LogP contribution in [-0.2, 0) is 16.4 Å². The van der Waals surface area contributed by atoms with Crippen LogP contribution in [0.4, 0.5) is 0 Å². The van der Waals surface area contributed by atoms with Crippen molar-refractivity contribution in [3.8, 4) is 0 Å². The Morgan fingerprint density at radius 2 is 1.85 bits per heavy atom. The molecule has 69 valence electrons. The predicted octanol–water partition coefficient (Wildman–Crippen LogP) is 2.58. The van der Waals surface area contributed by atoms with Gasteiger partial charge < -0.3 is 4.43 Å². The second-order valence-corrected chi connectivity index (χ2v) is 4.48. The first-order valence-electron chi connectivity index (χ1n) is 4.42. The number of rotatable bonds is 2. The molecule has 13 heavy (non-hydrogen) atoms. The SMILES string of the molecule is CC(C)(C)c1ccccc1CO[Si]. The second-order valence-electron chi connectivity index (χ2n) is 4.20. The van der Waals surface area contributed by atoms with Crippen molar-refractivity contribution >= 4 is 10.5 Å². The Morgan fingerprint density at radius 3 is 2.38 bits per heavy atom. The highest BCUT2D eigenvalue weighted by Crippen LogP contribution is 2.25. The zero-order chi connectivity index (χ0) is 9.90. The zero-order valence-electron chi connectivity index (χ0n) is 8.42. The Bertz CT molecular complexity index is 276. The molecule has 0 aromatic heterocycles. The summed E-state index contributed by atoms with van der Waals surface area (Å²) >= 11 is 0. The molecule has 0 heterocycles. The molecule has 1 aromatic carbocycles. The van der Waals surface area contributed by atoms with Crippen LogP contribution in [0.1, 0.15) is 31.9 Å². The normalized spacial score (nSPS) is 11.7. The van der Waals surface area contributed by atoms with Gasteiger partial charge in [0, 0.05) is 0 Å². The van der Waals surface area contributed by atoms with Crippen molar-refractivity contribution in [2.45, 2.75) is 32.8 Å². The average molecular weight is 191 g/mol. The van der Waals surface area contributed by atoms with Gasteiger partial charge in [0.25, 0.3) is 0 Å².